The molecule has 0 radical (unpaired) electrons. The predicted molar refractivity (Wildman–Crippen MR) is 85.3 cm³/mol. The minimum atomic E-state index is -0.233. The Bertz CT molecular complexity index is 584. The van der Waals surface area contributed by atoms with E-state index in [2.05, 4.69) is 24.1 Å². The van der Waals surface area contributed by atoms with Crippen molar-refractivity contribution in [3.63, 3.8) is 0 Å². The van der Waals surface area contributed by atoms with E-state index in [-0.39, 0.29) is 5.82 Å². The molecule has 0 amide bonds. The van der Waals surface area contributed by atoms with Gasteiger partial charge in [-0.3, -0.25) is 0 Å². The van der Waals surface area contributed by atoms with Crippen molar-refractivity contribution in [2.45, 2.75) is 33.4 Å². The maximum Gasteiger partial charge on any atom is 0.133 e. The molecule has 3 nitrogen and oxygen atoms in total. The molecule has 0 aliphatic carbocycles. The molecule has 112 valence electrons. The number of hydrogen-bond acceptors (Lipinski definition) is 3. The van der Waals surface area contributed by atoms with Gasteiger partial charge in [-0.15, -0.1) is 0 Å². The van der Waals surface area contributed by atoms with Gasteiger partial charge in [-0.1, -0.05) is 19.9 Å². The highest BCUT2D eigenvalue weighted by atomic mass is 19.1. The van der Waals surface area contributed by atoms with Crippen LogP contribution in [0.15, 0.2) is 42.6 Å². The van der Waals surface area contributed by atoms with E-state index in [4.69, 9.17) is 0 Å². The first-order valence-electron chi connectivity index (χ1n) is 7.31. The van der Waals surface area contributed by atoms with E-state index in [1.165, 1.54) is 17.7 Å². The summed E-state index contributed by atoms with van der Waals surface area (Å²) >= 11 is 0. The summed E-state index contributed by atoms with van der Waals surface area (Å²) in [6.45, 7) is 7.80. The summed E-state index contributed by atoms with van der Waals surface area (Å²) in [6.07, 6.45) is 1.80. The lowest BCUT2D eigenvalue weighted by atomic mass is 10.2. The Morgan fingerprint density at radius 1 is 1.24 bits per heavy atom. The Kier molecular flexibility index (Phi) is 5.28. The van der Waals surface area contributed by atoms with Crippen LogP contribution in [0, 0.1) is 5.82 Å². The van der Waals surface area contributed by atoms with Crippen LogP contribution >= 0.6 is 0 Å². The second-order valence-electron chi connectivity index (χ2n) is 5.28. The Hall–Kier alpha value is -1.94. The Morgan fingerprint density at radius 3 is 2.71 bits per heavy atom. The van der Waals surface area contributed by atoms with Crippen LogP contribution in [0.25, 0.3) is 0 Å². The number of anilines is 2. The standard InChI is InChI=1S/C17H22FN3/c1-4-21(16-7-5-6-15(18)11-16)17-10-14(8-9-19-17)12-20-13(2)3/h5-11,13,20H,4,12H2,1-3H3. The van der Waals surface area contributed by atoms with Crippen LogP contribution in [-0.4, -0.2) is 17.6 Å². The SMILES string of the molecule is CCN(c1cccc(F)c1)c1cc(CNC(C)C)ccn1. The summed E-state index contributed by atoms with van der Waals surface area (Å²) in [7, 11) is 0. The molecule has 1 aromatic carbocycles. The maximum atomic E-state index is 13.4. The molecule has 0 saturated heterocycles. The van der Waals surface area contributed by atoms with E-state index >= 15 is 0 Å². The lowest BCUT2D eigenvalue weighted by Crippen LogP contribution is -2.22. The third kappa shape index (κ3) is 4.26. The molecule has 0 fully saturated rings. The molecule has 2 rings (SSSR count). The van der Waals surface area contributed by atoms with Crippen molar-refractivity contribution in [3.05, 3.63) is 54.0 Å². The van der Waals surface area contributed by atoms with Gasteiger partial charge in [-0.25, -0.2) is 9.37 Å². The zero-order valence-electron chi connectivity index (χ0n) is 12.8. The maximum absolute atomic E-state index is 13.4. The largest absolute Gasteiger partial charge is 0.327 e. The number of rotatable bonds is 6. The number of halogens is 1. The topological polar surface area (TPSA) is 28.2 Å². The summed E-state index contributed by atoms with van der Waals surface area (Å²) in [5.74, 6) is 0.606. The molecule has 0 bridgehead atoms. The highest BCUT2D eigenvalue weighted by Gasteiger charge is 2.10. The highest BCUT2D eigenvalue weighted by molar-refractivity contribution is 5.60. The van der Waals surface area contributed by atoms with E-state index in [9.17, 15) is 4.39 Å². The van der Waals surface area contributed by atoms with Gasteiger partial charge in [0.25, 0.3) is 0 Å². The van der Waals surface area contributed by atoms with Crippen LogP contribution in [0.4, 0.5) is 15.9 Å². The van der Waals surface area contributed by atoms with Crippen molar-refractivity contribution in [2.24, 2.45) is 0 Å². The monoisotopic (exact) mass is 287 g/mol. The second-order valence-corrected chi connectivity index (χ2v) is 5.28. The number of nitrogens with one attached hydrogen (secondary N) is 1. The molecule has 2 aromatic rings. The third-order valence-electron chi connectivity index (χ3n) is 3.24. The molecule has 4 heteroatoms. The Balaban J connectivity index is 2.24. The van der Waals surface area contributed by atoms with Gasteiger partial charge in [0.05, 0.1) is 0 Å². The molecule has 0 spiro atoms. The minimum Gasteiger partial charge on any atom is -0.327 e. The predicted octanol–water partition coefficient (Wildman–Crippen LogP) is 3.88. The molecule has 0 aliphatic heterocycles. The van der Waals surface area contributed by atoms with Crippen LogP contribution in [0.5, 0.6) is 0 Å². The number of aromatic nitrogens is 1. The average molecular weight is 287 g/mol. The first kappa shape index (κ1) is 15.4. The van der Waals surface area contributed by atoms with Gasteiger partial charge in [-0.2, -0.15) is 0 Å². The zero-order valence-corrected chi connectivity index (χ0v) is 12.8. The minimum absolute atomic E-state index is 0.233. The van der Waals surface area contributed by atoms with Crippen LogP contribution in [0.1, 0.15) is 26.3 Å². The summed E-state index contributed by atoms with van der Waals surface area (Å²) < 4.78 is 13.4. The lowest BCUT2D eigenvalue weighted by Gasteiger charge is -2.22. The summed E-state index contributed by atoms with van der Waals surface area (Å²) in [6, 6.07) is 11.1. The van der Waals surface area contributed by atoms with Crippen LogP contribution in [-0.2, 0) is 6.54 Å². The smallest absolute Gasteiger partial charge is 0.133 e. The molecule has 0 saturated carbocycles. The van der Waals surface area contributed by atoms with E-state index in [1.807, 2.05) is 30.0 Å². The lowest BCUT2D eigenvalue weighted by molar-refractivity contribution is 0.588. The van der Waals surface area contributed by atoms with Gasteiger partial charge in [0.2, 0.25) is 0 Å². The average Bonchev–Trinajstić information content (AvgIpc) is 2.46. The van der Waals surface area contributed by atoms with Gasteiger partial charge >= 0.3 is 0 Å². The summed E-state index contributed by atoms with van der Waals surface area (Å²) in [4.78, 5) is 6.42. The van der Waals surface area contributed by atoms with Crippen molar-refractivity contribution in [1.82, 2.24) is 10.3 Å². The summed E-state index contributed by atoms with van der Waals surface area (Å²) in [5.41, 5.74) is 1.99. The van der Waals surface area contributed by atoms with Crippen molar-refractivity contribution >= 4 is 11.5 Å². The number of benzene rings is 1. The van der Waals surface area contributed by atoms with Gasteiger partial charge < -0.3 is 10.2 Å². The number of hydrogen-bond donors (Lipinski definition) is 1. The molecular weight excluding hydrogens is 265 g/mol. The second kappa shape index (κ2) is 7.18. The molecular formula is C17H22FN3. The Labute approximate surface area is 125 Å². The van der Waals surface area contributed by atoms with Crippen LogP contribution < -0.4 is 10.2 Å². The van der Waals surface area contributed by atoms with Crippen LogP contribution in [0.3, 0.4) is 0 Å². The Morgan fingerprint density at radius 2 is 2.05 bits per heavy atom. The van der Waals surface area contributed by atoms with Crippen molar-refractivity contribution in [1.29, 1.82) is 0 Å². The molecule has 1 aromatic heterocycles. The van der Waals surface area contributed by atoms with Crippen molar-refractivity contribution in [2.75, 3.05) is 11.4 Å². The third-order valence-corrected chi connectivity index (χ3v) is 3.24. The van der Waals surface area contributed by atoms with E-state index in [0.717, 1.165) is 24.6 Å². The number of pyridine rings is 1. The van der Waals surface area contributed by atoms with Gasteiger partial charge in [-0.05, 0) is 42.8 Å². The molecule has 1 heterocycles. The zero-order chi connectivity index (χ0) is 15.2. The molecule has 21 heavy (non-hydrogen) atoms. The normalized spacial score (nSPS) is 10.9. The molecule has 0 atom stereocenters. The van der Waals surface area contributed by atoms with Crippen LogP contribution in [0.2, 0.25) is 0 Å². The van der Waals surface area contributed by atoms with Gasteiger partial charge in [0, 0.05) is 31.0 Å². The van der Waals surface area contributed by atoms with E-state index in [0.29, 0.717) is 6.04 Å². The molecule has 0 aliphatic rings. The van der Waals surface area contributed by atoms with Gasteiger partial charge in [0.15, 0.2) is 0 Å². The van der Waals surface area contributed by atoms with E-state index < -0.39 is 0 Å². The fourth-order valence-electron chi connectivity index (χ4n) is 2.16. The number of nitrogens with zero attached hydrogens (tertiary/aromatic N) is 2. The van der Waals surface area contributed by atoms with Gasteiger partial charge in [0.1, 0.15) is 11.6 Å². The molecule has 0 unspecified atom stereocenters. The highest BCUT2D eigenvalue weighted by Crippen LogP contribution is 2.24. The van der Waals surface area contributed by atoms with Crippen molar-refractivity contribution in [3.8, 4) is 0 Å². The van der Waals surface area contributed by atoms with E-state index in [1.54, 1.807) is 12.3 Å². The first-order chi connectivity index (χ1) is 10.1. The quantitative estimate of drug-likeness (QED) is 0.874. The molecule has 1 N–H and O–H groups in total. The fraction of sp³-hybridized carbons (Fsp3) is 0.353. The first-order valence-corrected chi connectivity index (χ1v) is 7.31. The fourth-order valence-corrected chi connectivity index (χ4v) is 2.16. The van der Waals surface area contributed by atoms with Crippen molar-refractivity contribution < 1.29 is 4.39 Å². The summed E-state index contributed by atoms with van der Waals surface area (Å²) in [5, 5.41) is 3.39.